The van der Waals surface area contributed by atoms with E-state index in [2.05, 4.69) is 10.6 Å². The van der Waals surface area contributed by atoms with Crippen molar-refractivity contribution >= 4 is 23.5 Å². The highest BCUT2D eigenvalue weighted by Crippen LogP contribution is 2.29. The molecular formula is C21H22N2O4. The van der Waals surface area contributed by atoms with Crippen molar-refractivity contribution in [2.45, 2.75) is 32.3 Å². The molecule has 0 fully saturated rings. The summed E-state index contributed by atoms with van der Waals surface area (Å²) < 4.78 is 5.45. The van der Waals surface area contributed by atoms with Crippen molar-refractivity contribution in [1.29, 1.82) is 0 Å². The van der Waals surface area contributed by atoms with Gasteiger partial charge in [-0.2, -0.15) is 0 Å². The summed E-state index contributed by atoms with van der Waals surface area (Å²) in [5.74, 6) is -1.26. The molecule has 3 rings (SSSR count). The van der Waals surface area contributed by atoms with Gasteiger partial charge < -0.3 is 15.4 Å². The highest BCUT2D eigenvalue weighted by Gasteiger charge is 2.42. The van der Waals surface area contributed by atoms with Gasteiger partial charge in [0.15, 0.2) is 5.60 Å². The van der Waals surface area contributed by atoms with Crippen molar-refractivity contribution < 1.29 is 19.1 Å². The maximum Gasteiger partial charge on any atom is 0.339 e. The molecule has 0 radical (unpaired) electrons. The molecule has 0 bridgehead atoms. The van der Waals surface area contributed by atoms with Gasteiger partial charge in [0.25, 0.3) is 11.8 Å². The van der Waals surface area contributed by atoms with Gasteiger partial charge in [0.2, 0.25) is 0 Å². The van der Waals surface area contributed by atoms with Crippen molar-refractivity contribution in [3.8, 4) is 0 Å². The van der Waals surface area contributed by atoms with E-state index >= 15 is 0 Å². The van der Waals surface area contributed by atoms with Crippen molar-refractivity contribution in [2.24, 2.45) is 0 Å². The molecule has 2 aromatic rings. The Hall–Kier alpha value is -3.15. The molecule has 0 saturated carbocycles. The molecule has 2 aromatic carbocycles. The van der Waals surface area contributed by atoms with E-state index in [0.717, 1.165) is 12.0 Å². The SMILES string of the molecule is CCCNC(=O)c1ccccc1NC(=O)C1(C)Cc2ccccc2C(=O)O1. The number of fused-ring (bicyclic) bond motifs is 1. The molecule has 2 N–H and O–H groups in total. The Bertz CT molecular complexity index is 893. The van der Waals surface area contributed by atoms with Crippen LogP contribution in [-0.2, 0) is 16.0 Å². The Morgan fingerprint density at radius 1 is 1.11 bits per heavy atom. The Kier molecular flexibility index (Phi) is 5.26. The van der Waals surface area contributed by atoms with Crippen LogP contribution < -0.4 is 10.6 Å². The number of hydrogen-bond donors (Lipinski definition) is 2. The number of carbonyl (C=O) groups excluding carboxylic acids is 3. The smallest absolute Gasteiger partial charge is 0.339 e. The van der Waals surface area contributed by atoms with Crippen molar-refractivity contribution in [3.05, 3.63) is 65.2 Å². The van der Waals surface area contributed by atoms with E-state index in [1.165, 1.54) is 0 Å². The first-order valence-corrected chi connectivity index (χ1v) is 8.94. The van der Waals surface area contributed by atoms with Crippen LogP contribution in [0.3, 0.4) is 0 Å². The molecule has 1 atom stereocenters. The maximum atomic E-state index is 12.9. The van der Waals surface area contributed by atoms with E-state index in [0.29, 0.717) is 23.4 Å². The van der Waals surface area contributed by atoms with Crippen LogP contribution >= 0.6 is 0 Å². The summed E-state index contributed by atoms with van der Waals surface area (Å²) in [7, 11) is 0. The summed E-state index contributed by atoms with van der Waals surface area (Å²) >= 11 is 0. The van der Waals surface area contributed by atoms with E-state index < -0.39 is 17.5 Å². The lowest BCUT2D eigenvalue weighted by molar-refractivity contribution is -0.134. The van der Waals surface area contributed by atoms with E-state index in [1.54, 1.807) is 43.3 Å². The lowest BCUT2D eigenvalue weighted by atomic mass is 9.89. The number of rotatable bonds is 5. The Morgan fingerprint density at radius 3 is 2.59 bits per heavy atom. The standard InChI is InChI=1S/C21H22N2O4/c1-3-12-22-18(24)16-10-6-7-11-17(16)23-20(26)21(2)13-14-8-4-5-9-15(14)19(25)27-21/h4-11H,3,12-13H2,1-2H3,(H,22,24)(H,23,26). The van der Waals surface area contributed by atoms with Crippen LogP contribution in [0.15, 0.2) is 48.5 Å². The normalized spacial score (nSPS) is 18.2. The van der Waals surface area contributed by atoms with Gasteiger partial charge in [-0.15, -0.1) is 0 Å². The minimum atomic E-state index is -1.35. The number of para-hydroxylation sites is 1. The molecule has 0 aromatic heterocycles. The maximum absolute atomic E-state index is 12.9. The summed E-state index contributed by atoms with van der Waals surface area (Å²) in [6.07, 6.45) is 1.08. The Morgan fingerprint density at radius 2 is 1.81 bits per heavy atom. The molecule has 1 aliphatic heterocycles. The van der Waals surface area contributed by atoms with E-state index in [-0.39, 0.29) is 12.3 Å². The minimum absolute atomic E-state index is 0.260. The first kappa shape index (κ1) is 18.6. The molecule has 6 nitrogen and oxygen atoms in total. The monoisotopic (exact) mass is 366 g/mol. The van der Waals surface area contributed by atoms with Crippen LogP contribution in [0.1, 0.15) is 46.5 Å². The number of anilines is 1. The fourth-order valence-corrected chi connectivity index (χ4v) is 3.04. The lowest BCUT2D eigenvalue weighted by Crippen LogP contribution is -2.49. The number of benzene rings is 2. The van der Waals surface area contributed by atoms with Gasteiger partial charge >= 0.3 is 5.97 Å². The van der Waals surface area contributed by atoms with E-state index in [4.69, 9.17) is 4.74 Å². The van der Waals surface area contributed by atoms with E-state index in [9.17, 15) is 14.4 Å². The van der Waals surface area contributed by atoms with Gasteiger partial charge in [0.05, 0.1) is 16.8 Å². The number of nitrogens with one attached hydrogen (secondary N) is 2. The fraction of sp³-hybridized carbons (Fsp3) is 0.286. The molecule has 1 heterocycles. The van der Waals surface area contributed by atoms with Gasteiger partial charge in [0.1, 0.15) is 0 Å². The third-order valence-electron chi connectivity index (χ3n) is 4.52. The van der Waals surface area contributed by atoms with Crippen LogP contribution in [0.25, 0.3) is 0 Å². The first-order valence-electron chi connectivity index (χ1n) is 8.94. The number of ether oxygens (including phenoxy) is 1. The van der Waals surface area contributed by atoms with Gasteiger partial charge in [-0.3, -0.25) is 9.59 Å². The number of amides is 2. The van der Waals surface area contributed by atoms with Crippen LogP contribution in [0.2, 0.25) is 0 Å². The second-order valence-corrected chi connectivity index (χ2v) is 6.71. The largest absolute Gasteiger partial charge is 0.445 e. The predicted octanol–water partition coefficient (Wildman–Crippen LogP) is 2.94. The average molecular weight is 366 g/mol. The molecular weight excluding hydrogens is 344 g/mol. The highest BCUT2D eigenvalue weighted by atomic mass is 16.6. The summed E-state index contributed by atoms with van der Waals surface area (Å²) in [4.78, 5) is 37.5. The second kappa shape index (κ2) is 7.61. The second-order valence-electron chi connectivity index (χ2n) is 6.71. The highest BCUT2D eigenvalue weighted by molar-refractivity contribution is 6.07. The van der Waals surface area contributed by atoms with Crippen LogP contribution in [0, 0.1) is 0 Å². The Balaban J connectivity index is 1.82. The zero-order valence-electron chi connectivity index (χ0n) is 15.4. The number of hydrogen-bond acceptors (Lipinski definition) is 4. The lowest BCUT2D eigenvalue weighted by Gasteiger charge is -2.33. The first-order chi connectivity index (χ1) is 12.9. The number of esters is 1. The van der Waals surface area contributed by atoms with Crippen molar-refractivity contribution in [1.82, 2.24) is 5.32 Å². The van der Waals surface area contributed by atoms with Gasteiger partial charge in [0, 0.05) is 13.0 Å². The van der Waals surface area contributed by atoms with Crippen molar-refractivity contribution in [2.75, 3.05) is 11.9 Å². The molecule has 0 spiro atoms. The molecule has 27 heavy (non-hydrogen) atoms. The van der Waals surface area contributed by atoms with E-state index in [1.807, 2.05) is 19.1 Å². The van der Waals surface area contributed by atoms with Crippen molar-refractivity contribution in [3.63, 3.8) is 0 Å². The fourth-order valence-electron chi connectivity index (χ4n) is 3.04. The van der Waals surface area contributed by atoms with Crippen LogP contribution in [0.4, 0.5) is 5.69 Å². The summed E-state index contributed by atoms with van der Waals surface area (Å²) in [6.45, 7) is 4.09. The van der Waals surface area contributed by atoms with Gasteiger partial charge in [-0.25, -0.2) is 4.79 Å². The molecule has 0 saturated heterocycles. The molecule has 1 aliphatic rings. The summed E-state index contributed by atoms with van der Waals surface area (Å²) in [5, 5.41) is 5.55. The molecule has 6 heteroatoms. The minimum Gasteiger partial charge on any atom is -0.445 e. The summed E-state index contributed by atoms with van der Waals surface area (Å²) in [5.41, 5.74) is 0.637. The quantitative estimate of drug-likeness (QED) is 0.797. The number of cyclic esters (lactones) is 1. The average Bonchev–Trinajstić information content (AvgIpc) is 2.66. The molecule has 1 unspecified atom stereocenters. The zero-order chi connectivity index (χ0) is 19.4. The topological polar surface area (TPSA) is 84.5 Å². The third kappa shape index (κ3) is 3.84. The van der Waals surface area contributed by atoms with Crippen LogP contribution in [-0.4, -0.2) is 29.9 Å². The summed E-state index contributed by atoms with van der Waals surface area (Å²) in [6, 6.07) is 13.8. The molecule has 140 valence electrons. The predicted molar refractivity (Wildman–Crippen MR) is 102 cm³/mol. The third-order valence-corrected chi connectivity index (χ3v) is 4.52. The van der Waals surface area contributed by atoms with Gasteiger partial charge in [-0.1, -0.05) is 37.3 Å². The zero-order valence-corrected chi connectivity index (χ0v) is 15.4. The molecule has 0 aliphatic carbocycles. The number of carbonyl (C=O) groups is 3. The van der Waals surface area contributed by atoms with Gasteiger partial charge in [-0.05, 0) is 37.1 Å². The van der Waals surface area contributed by atoms with Crippen LogP contribution in [0.5, 0.6) is 0 Å². The molecule has 2 amide bonds. The Labute approximate surface area is 157 Å².